The number of pyridine rings is 1. The lowest BCUT2D eigenvalue weighted by Gasteiger charge is -2.13. The summed E-state index contributed by atoms with van der Waals surface area (Å²) in [6, 6.07) is 13.7. The largest absolute Gasteiger partial charge is 0.418 e. The maximum atomic E-state index is 13.2. The molecule has 2 heterocycles. The standard InChI is InChI=1S/C21H15F3N4O2/c1-12-17-18(29)14(11-25-19(17)28(27-12)13-7-3-2-4-8-13)20(30)26-16-10-6-5-9-15(16)21(22,23)24/h2-11H,1H3,(H,25,29)(H,26,30). The molecule has 0 aliphatic rings. The van der Waals surface area contributed by atoms with Crippen molar-refractivity contribution >= 4 is 22.6 Å². The average molecular weight is 412 g/mol. The van der Waals surface area contributed by atoms with Crippen molar-refractivity contribution in [1.82, 2.24) is 14.8 Å². The van der Waals surface area contributed by atoms with Gasteiger partial charge in [0.25, 0.3) is 5.91 Å². The first-order chi connectivity index (χ1) is 14.3. The van der Waals surface area contributed by atoms with E-state index in [1.807, 2.05) is 18.2 Å². The van der Waals surface area contributed by atoms with Crippen molar-refractivity contribution in [3.63, 3.8) is 0 Å². The van der Waals surface area contributed by atoms with Gasteiger partial charge in [0, 0.05) is 6.20 Å². The van der Waals surface area contributed by atoms with Crippen LogP contribution in [0.2, 0.25) is 0 Å². The number of benzene rings is 2. The zero-order valence-corrected chi connectivity index (χ0v) is 15.6. The smallest absolute Gasteiger partial charge is 0.345 e. The summed E-state index contributed by atoms with van der Waals surface area (Å²) in [4.78, 5) is 28.4. The van der Waals surface area contributed by atoms with E-state index in [2.05, 4.69) is 15.4 Å². The fourth-order valence-corrected chi connectivity index (χ4v) is 3.23. The third-order valence-electron chi connectivity index (χ3n) is 4.61. The Morgan fingerprint density at radius 2 is 1.73 bits per heavy atom. The van der Waals surface area contributed by atoms with E-state index in [1.165, 1.54) is 23.0 Å². The predicted molar refractivity (Wildman–Crippen MR) is 106 cm³/mol. The number of aryl methyl sites for hydroxylation is 1. The summed E-state index contributed by atoms with van der Waals surface area (Å²) >= 11 is 0. The third kappa shape index (κ3) is 3.34. The molecule has 4 aromatic rings. The lowest BCUT2D eigenvalue weighted by molar-refractivity contribution is -0.136. The molecule has 30 heavy (non-hydrogen) atoms. The van der Waals surface area contributed by atoms with Gasteiger partial charge in [0.1, 0.15) is 11.2 Å². The molecule has 0 aliphatic carbocycles. The minimum absolute atomic E-state index is 0.190. The van der Waals surface area contributed by atoms with Gasteiger partial charge >= 0.3 is 6.18 Å². The van der Waals surface area contributed by atoms with E-state index in [1.54, 1.807) is 19.1 Å². The van der Waals surface area contributed by atoms with Gasteiger partial charge in [0.15, 0.2) is 0 Å². The summed E-state index contributed by atoms with van der Waals surface area (Å²) in [6.45, 7) is 1.62. The molecule has 2 N–H and O–H groups in total. The summed E-state index contributed by atoms with van der Waals surface area (Å²) in [6.07, 6.45) is -3.47. The number of halogens is 3. The van der Waals surface area contributed by atoms with Crippen LogP contribution in [0.25, 0.3) is 16.7 Å². The highest BCUT2D eigenvalue weighted by atomic mass is 19.4. The molecule has 0 bridgehead atoms. The van der Waals surface area contributed by atoms with Crippen LogP contribution in [0.1, 0.15) is 21.6 Å². The Hall–Kier alpha value is -3.88. The van der Waals surface area contributed by atoms with Crippen LogP contribution in [0.5, 0.6) is 0 Å². The van der Waals surface area contributed by atoms with Crippen LogP contribution >= 0.6 is 0 Å². The lowest BCUT2D eigenvalue weighted by atomic mass is 10.1. The first-order valence-electron chi connectivity index (χ1n) is 8.91. The second kappa shape index (κ2) is 7.18. The Morgan fingerprint density at radius 1 is 1.07 bits per heavy atom. The molecule has 152 valence electrons. The second-order valence-electron chi connectivity index (χ2n) is 6.59. The molecular formula is C21H15F3N4O2. The Kier molecular flexibility index (Phi) is 4.65. The fourth-order valence-electron chi connectivity index (χ4n) is 3.23. The molecule has 0 aliphatic heterocycles. The molecule has 4 rings (SSSR count). The molecule has 1 amide bonds. The Labute approximate surface area is 168 Å². The number of hydrogen-bond acceptors (Lipinski definition) is 3. The fraction of sp³-hybridized carbons (Fsp3) is 0.0952. The van der Waals surface area contributed by atoms with Gasteiger partial charge in [-0.3, -0.25) is 9.59 Å². The summed E-state index contributed by atoms with van der Waals surface area (Å²) < 4.78 is 41.1. The molecule has 6 nitrogen and oxygen atoms in total. The second-order valence-corrected chi connectivity index (χ2v) is 6.59. The van der Waals surface area contributed by atoms with E-state index in [9.17, 15) is 22.8 Å². The summed E-state index contributed by atoms with van der Waals surface area (Å²) in [7, 11) is 0. The number of aromatic nitrogens is 3. The van der Waals surface area contributed by atoms with Crippen LogP contribution in [-0.2, 0) is 6.18 Å². The number of alkyl halides is 3. The van der Waals surface area contributed by atoms with E-state index in [0.29, 0.717) is 17.0 Å². The molecule has 2 aromatic carbocycles. The molecule has 0 spiro atoms. The van der Waals surface area contributed by atoms with Gasteiger partial charge in [-0.25, -0.2) is 4.68 Å². The van der Waals surface area contributed by atoms with Crippen molar-refractivity contribution in [1.29, 1.82) is 0 Å². The molecule has 0 saturated carbocycles. The molecule has 0 saturated heterocycles. The van der Waals surface area contributed by atoms with E-state index in [0.717, 1.165) is 12.1 Å². The molecule has 0 atom stereocenters. The van der Waals surface area contributed by atoms with Crippen molar-refractivity contribution in [2.75, 3.05) is 5.32 Å². The normalized spacial score (nSPS) is 11.6. The quantitative estimate of drug-likeness (QED) is 0.527. The minimum atomic E-state index is -4.65. The highest BCUT2D eigenvalue weighted by Gasteiger charge is 2.33. The average Bonchev–Trinajstić information content (AvgIpc) is 3.06. The van der Waals surface area contributed by atoms with Gasteiger partial charge < -0.3 is 10.3 Å². The van der Waals surface area contributed by atoms with Crippen LogP contribution in [0.15, 0.2) is 65.6 Å². The van der Waals surface area contributed by atoms with Crippen molar-refractivity contribution < 1.29 is 18.0 Å². The third-order valence-corrected chi connectivity index (χ3v) is 4.61. The molecular weight excluding hydrogens is 397 g/mol. The Morgan fingerprint density at radius 3 is 2.43 bits per heavy atom. The van der Waals surface area contributed by atoms with Gasteiger partial charge in [0.05, 0.1) is 28.0 Å². The zero-order chi connectivity index (χ0) is 21.5. The topological polar surface area (TPSA) is 79.8 Å². The van der Waals surface area contributed by atoms with Crippen LogP contribution in [-0.4, -0.2) is 20.7 Å². The maximum Gasteiger partial charge on any atom is 0.418 e. The first kappa shape index (κ1) is 19.4. The number of carbonyl (C=O) groups is 1. The van der Waals surface area contributed by atoms with E-state index in [4.69, 9.17) is 0 Å². The number of H-pyrrole nitrogens is 1. The number of para-hydroxylation sites is 2. The van der Waals surface area contributed by atoms with Crippen molar-refractivity contribution in [2.45, 2.75) is 13.1 Å². The number of amides is 1. The number of aromatic amines is 1. The number of anilines is 1. The SMILES string of the molecule is Cc1nn(-c2ccccc2)c2[nH]cc(C(=O)Nc3ccccc3C(F)(F)F)c(=O)c12. The van der Waals surface area contributed by atoms with Crippen LogP contribution in [0.3, 0.4) is 0 Å². The van der Waals surface area contributed by atoms with E-state index < -0.39 is 28.8 Å². The number of fused-ring (bicyclic) bond motifs is 1. The van der Waals surface area contributed by atoms with Crippen LogP contribution in [0.4, 0.5) is 18.9 Å². The number of nitrogens with one attached hydrogen (secondary N) is 2. The molecule has 0 unspecified atom stereocenters. The van der Waals surface area contributed by atoms with Gasteiger partial charge in [0.2, 0.25) is 5.43 Å². The Balaban J connectivity index is 1.77. The monoisotopic (exact) mass is 412 g/mol. The lowest BCUT2D eigenvalue weighted by Crippen LogP contribution is -2.23. The van der Waals surface area contributed by atoms with Crippen LogP contribution < -0.4 is 10.7 Å². The number of carbonyl (C=O) groups excluding carboxylic acids is 1. The molecule has 0 radical (unpaired) electrons. The van der Waals surface area contributed by atoms with Crippen molar-refractivity contribution in [2.24, 2.45) is 0 Å². The summed E-state index contributed by atoms with van der Waals surface area (Å²) in [5, 5.41) is 6.74. The van der Waals surface area contributed by atoms with Gasteiger partial charge in [-0.15, -0.1) is 0 Å². The Bertz CT molecular complexity index is 1310. The zero-order valence-electron chi connectivity index (χ0n) is 15.6. The van der Waals surface area contributed by atoms with Crippen LogP contribution in [0, 0.1) is 6.92 Å². The van der Waals surface area contributed by atoms with Gasteiger partial charge in [-0.2, -0.15) is 18.3 Å². The summed E-state index contributed by atoms with van der Waals surface area (Å²) in [5.74, 6) is -0.943. The van der Waals surface area contributed by atoms with E-state index >= 15 is 0 Å². The van der Waals surface area contributed by atoms with Crippen molar-refractivity contribution in [3.8, 4) is 5.69 Å². The maximum absolute atomic E-state index is 13.2. The van der Waals surface area contributed by atoms with Gasteiger partial charge in [-0.05, 0) is 31.2 Å². The molecule has 2 aromatic heterocycles. The van der Waals surface area contributed by atoms with E-state index in [-0.39, 0.29) is 10.9 Å². The first-order valence-corrected chi connectivity index (χ1v) is 8.91. The highest BCUT2D eigenvalue weighted by molar-refractivity contribution is 6.06. The predicted octanol–water partition coefficient (Wildman–Crippen LogP) is 4.29. The molecule has 9 heteroatoms. The van der Waals surface area contributed by atoms with Crippen molar-refractivity contribution in [3.05, 3.63) is 87.8 Å². The number of nitrogens with zero attached hydrogens (tertiary/aromatic N) is 2. The number of hydrogen-bond donors (Lipinski definition) is 2. The highest BCUT2D eigenvalue weighted by Crippen LogP contribution is 2.34. The minimum Gasteiger partial charge on any atom is -0.345 e. The van der Waals surface area contributed by atoms with Gasteiger partial charge in [-0.1, -0.05) is 30.3 Å². The molecule has 0 fully saturated rings. The summed E-state index contributed by atoms with van der Waals surface area (Å²) in [5.41, 5.74) is -0.866. The number of rotatable bonds is 3.